The number of halogens is 1. The maximum atomic E-state index is 11.4. The maximum Gasteiger partial charge on any atom is 0.234 e. The minimum Gasteiger partial charge on any atom is -0.497 e. The van der Waals surface area contributed by atoms with E-state index < -0.39 is 0 Å². The van der Waals surface area contributed by atoms with Crippen molar-refractivity contribution in [3.8, 4) is 23.3 Å². The normalized spacial score (nSPS) is 9.96. The van der Waals surface area contributed by atoms with Crippen LogP contribution in [0.3, 0.4) is 0 Å². The van der Waals surface area contributed by atoms with E-state index in [1.807, 2.05) is 24.3 Å². The lowest BCUT2D eigenvalue weighted by Gasteiger charge is -2.13. The average Bonchev–Trinajstić information content (AvgIpc) is 2.67. The standard InChI is InChI=1S/C20H21ClN2O4/c1-25-17-3-2-4-18(14-17)26-11-12-27-19-6-5-16(21)13-15(19)8-10-23-20(24)7-9-22/h2-6,13-14H,7-8,10-12H2,1H3,(H,23,24). The van der Waals surface area contributed by atoms with Crippen LogP contribution in [0.1, 0.15) is 12.0 Å². The van der Waals surface area contributed by atoms with Gasteiger partial charge in [0.05, 0.1) is 13.2 Å². The van der Waals surface area contributed by atoms with Crippen LogP contribution < -0.4 is 19.5 Å². The second-order valence-electron chi connectivity index (χ2n) is 5.56. The maximum absolute atomic E-state index is 11.4. The van der Waals surface area contributed by atoms with E-state index >= 15 is 0 Å². The van der Waals surface area contributed by atoms with Gasteiger partial charge in [-0.2, -0.15) is 5.26 Å². The van der Waals surface area contributed by atoms with Crippen molar-refractivity contribution >= 4 is 17.5 Å². The second kappa shape index (κ2) is 10.9. The van der Waals surface area contributed by atoms with Gasteiger partial charge in [0.1, 0.15) is 36.9 Å². The third-order valence-electron chi connectivity index (χ3n) is 3.63. The van der Waals surface area contributed by atoms with Gasteiger partial charge >= 0.3 is 0 Å². The Morgan fingerprint density at radius 1 is 1.15 bits per heavy atom. The molecule has 0 saturated heterocycles. The van der Waals surface area contributed by atoms with E-state index in [4.69, 9.17) is 31.1 Å². The molecule has 0 spiro atoms. The zero-order valence-electron chi connectivity index (χ0n) is 15.0. The minimum absolute atomic E-state index is 0.152. The minimum atomic E-state index is -0.298. The summed E-state index contributed by atoms with van der Waals surface area (Å²) in [6.07, 6.45) is 0.393. The highest BCUT2D eigenvalue weighted by molar-refractivity contribution is 6.30. The lowest BCUT2D eigenvalue weighted by Crippen LogP contribution is -2.25. The van der Waals surface area contributed by atoms with Gasteiger partial charge in [-0.1, -0.05) is 17.7 Å². The number of hydrogen-bond donors (Lipinski definition) is 1. The Morgan fingerprint density at radius 3 is 2.70 bits per heavy atom. The van der Waals surface area contributed by atoms with E-state index in [-0.39, 0.29) is 12.3 Å². The Balaban J connectivity index is 1.84. The molecule has 0 atom stereocenters. The zero-order chi connectivity index (χ0) is 19.5. The fourth-order valence-electron chi connectivity index (χ4n) is 2.36. The summed E-state index contributed by atoms with van der Waals surface area (Å²) in [5, 5.41) is 11.8. The lowest BCUT2D eigenvalue weighted by molar-refractivity contribution is -0.120. The van der Waals surface area contributed by atoms with Crippen molar-refractivity contribution in [1.29, 1.82) is 5.26 Å². The highest BCUT2D eigenvalue weighted by Crippen LogP contribution is 2.23. The molecule has 6 nitrogen and oxygen atoms in total. The van der Waals surface area contributed by atoms with Crippen molar-refractivity contribution in [2.24, 2.45) is 0 Å². The summed E-state index contributed by atoms with van der Waals surface area (Å²) in [5.41, 5.74) is 0.876. The molecule has 0 saturated carbocycles. The Hall–Kier alpha value is -2.91. The third-order valence-corrected chi connectivity index (χ3v) is 3.86. The van der Waals surface area contributed by atoms with Gasteiger partial charge in [0.2, 0.25) is 5.91 Å². The molecule has 142 valence electrons. The van der Waals surface area contributed by atoms with Crippen LogP contribution in [0.2, 0.25) is 5.02 Å². The topological polar surface area (TPSA) is 80.6 Å². The van der Waals surface area contributed by atoms with Crippen LogP contribution in [0.15, 0.2) is 42.5 Å². The summed E-state index contributed by atoms with van der Waals surface area (Å²) < 4.78 is 16.6. The average molecular weight is 389 g/mol. The third kappa shape index (κ3) is 7.08. The van der Waals surface area contributed by atoms with Gasteiger partial charge in [-0.15, -0.1) is 0 Å². The molecule has 1 N–H and O–H groups in total. The molecule has 27 heavy (non-hydrogen) atoms. The predicted octanol–water partition coefficient (Wildman–Crippen LogP) is 3.38. The number of nitrogens with one attached hydrogen (secondary N) is 1. The molecule has 0 fully saturated rings. The van der Waals surface area contributed by atoms with E-state index in [2.05, 4.69) is 5.32 Å². The first-order valence-electron chi connectivity index (χ1n) is 8.44. The molecule has 0 radical (unpaired) electrons. The highest BCUT2D eigenvalue weighted by atomic mass is 35.5. The van der Waals surface area contributed by atoms with Gasteiger partial charge < -0.3 is 19.5 Å². The molecular formula is C20H21ClN2O4. The number of nitriles is 1. The second-order valence-corrected chi connectivity index (χ2v) is 6.00. The van der Waals surface area contributed by atoms with E-state index in [1.165, 1.54) is 0 Å². The summed E-state index contributed by atoms with van der Waals surface area (Å²) in [4.78, 5) is 11.4. The Kier molecular flexibility index (Phi) is 8.27. The number of amides is 1. The fourth-order valence-corrected chi connectivity index (χ4v) is 2.55. The number of hydrogen-bond acceptors (Lipinski definition) is 5. The van der Waals surface area contributed by atoms with Crippen molar-refractivity contribution < 1.29 is 19.0 Å². The zero-order valence-corrected chi connectivity index (χ0v) is 15.8. The number of carbonyl (C=O) groups is 1. The molecule has 7 heteroatoms. The van der Waals surface area contributed by atoms with Crippen molar-refractivity contribution in [1.82, 2.24) is 5.32 Å². The number of carbonyl (C=O) groups excluding carboxylic acids is 1. The predicted molar refractivity (Wildman–Crippen MR) is 102 cm³/mol. The first-order chi connectivity index (χ1) is 13.1. The van der Waals surface area contributed by atoms with E-state index in [0.717, 1.165) is 11.3 Å². The smallest absolute Gasteiger partial charge is 0.234 e. The molecule has 0 aliphatic heterocycles. The summed E-state index contributed by atoms with van der Waals surface area (Å²) in [6.45, 7) is 1.12. The first-order valence-corrected chi connectivity index (χ1v) is 8.82. The quantitative estimate of drug-likeness (QED) is 0.631. The highest BCUT2D eigenvalue weighted by Gasteiger charge is 2.07. The number of nitrogens with zero attached hydrogens (tertiary/aromatic N) is 1. The molecule has 0 bridgehead atoms. The largest absolute Gasteiger partial charge is 0.497 e. The number of benzene rings is 2. The van der Waals surface area contributed by atoms with Gasteiger partial charge in [0.25, 0.3) is 0 Å². The molecule has 1 amide bonds. The summed E-state index contributed by atoms with van der Waals surface area (Å²) in [5.74, 6) is 1.82. The molecule has 2 aromatic carbocycles. The molecule has 0 heterocycles. The molecule has 2 aromatic rings. The monoisotopic (exact) mass is 388 g/mol. The molecule has 2 rings (SSSR count). The Bertz CT molecular complexity index is 805. The molecular weight excluding hydrogens is 368 g/mol. The number of rotatable bonds is 10. The van der Waals surface area contributed by atoms with Crippen molar-refractivity contribution in [2.45, 2.75) is 12.8 Å². The van der Waals surface area contributed by atoms with Crippen LogP contribution in [-0.4, -0.2) is 32.8 Å². The van der Waals surface area contributed by atoms with Crippen molar-refractivity contribution in [3.05, 3.63) is 53.1 Å². The van der Waals surface area contributed by atoms with Crippen LogP contribution in [0.5, 0.6) is 17.2 Å². The van der Waals surface area contributed by atoms with Crippen LogP contribution in [0, 0.1) is 11.3 Å². The van der Waals surface area contributed by atoms with Crippen LogP contribution in [0.25, 0.3) is 0 Å². The molecule has 0 aliphatic carbocycles. The van der Waals surface area contributed by atoms with E-state index in [0.29, 0.717) is 42.7 Å². The van der Waals surface area contributed by atoms with Gasteiger partial charge in [0, 0.05) is 17.6 Å². The van der Waals surface area contributed by atoms with Crippen molar-refractivity contribution in [3.63, 3.8) is 0 Å². The van der Waals surface area contributed by atoms with Crippen LogP contribution in [0.4, 0.5) is 0 Å². The van der Waals surface area contributed by atoms with Gasteiger partial charge in [0.15, 0.2) is 0 Å². The van der Waals surface area contributed by atoms with Gasteiger partial charge in [-0.3, -0.25) is 4.79 Å². The first kappa shape index (κ1) is 20.4. The van der Waals surface area contributed by atoms with Crippen LogP contribution in [-0.2, 0) is 11.2 Å². The lowest BCUT2D eigenvalue weighted by atomic mass is 10.1. The molecule has 0 aliphatic rings. The van der Waals surface area contributed by atoms with Crippen LogP contribution >= 0.6 is 11.6 Å². The Morgan fingerprint density at radius 2 is 1.93 bits per heavy atom. The van der Waals surface area contributed by atoms with Gasteiger partial charge in [-0.05, 0) is 42.3 Å². The Labute approximate surface area is 163 Å². The van der Waals surface area contributed by atoms with Gasteiger partial charge in [-0.25, -0.2) is 0 Å². The van der Waals surface area contributed by atoms with Crippen molar-refractivity contribution in [2.75, 3.05) is 26.9 Å². The molecule has 0 unspecified atom stereocenters. The van der Waals surface area contributed by atoms with E-state index in [1.54, 1.807) is 31.4 Å². The summed E-state index contributed by atoms with van der Waals surface area (Å²) in [6, 6.07) is 14.5. The SMILES string of the molecule is COc1cccc(OCCOc2ccc(Cl)cc2CCNC(=O)CC#N)c1. The molecule has 0 aromatic heterocycles. The fraction of sp³-hybridized carbons (Fsp3) is 0.300. The number of ether oxygens (including phenoxy) is 3. The summed E-state index contributed by atoms with van der Waals surface area (Å²) >= 11 is 6.06. The summed E-state index contributed by atoms with van der Waals surface area (Å²) in [7, 11) is 1.60. The number of methoxy groups -OCH3 is 1. The van der Waals surface area contributed by atoms with E-state index in [9.17, 15) is 4.79 Å².